The molecule has 1 atom stereocenters. The minimum absolute atomic E-state index is 0.446. The number of urea groups is 1. The first-order valence-electron chi connectivity index (χ1n) is 5.39. The smallest absolute Gasteiger partial charge is 0.318 e. The summed E-state index contributed by atoms with van der Waals surface area (Å²) in [4.78, 5) is 26.0. The van der Waals surface area contributed by atoms with Crippen molar-refractivity contribution >= 4 is 11.9 Å². The monoisotopic (exact) mass is 252 g/mol. The maximum absolute atomic E-state index is 11.4. The first-order chi connectivity index (χ1) is 8.52. The van der Waals surface area contributed by atoms with Crippen LogP contribution in [0.1, 0.15) is 12.6 Å². The van der Waals surface area contributed by atoms with E-state index >= 15 is 0 Å². The SMILES string of the molecule is CNCc1ccc(OC(C)C(=O)NC(N)=O)cn1. The van der Waals surface area contributed by atoms with Crippen LogP contribution in [-0.2, 0) is 11.3 Å². The summed E-state index contributed by atoms with van der Waals surface area (Å²) < 4.78 is 5.31. The highest BCUT2D eigenvalue weighted by atomic mass is 16.5. The molecule has 0 aliphatic rings. The van der Waals surface area contributed by atoms with Gasteiger partial charge in [-0.2, -0.15) is 0 Å². The molecule has 1 rings (SSSR count). The molecule has 7 heteroatoms. The van der Waals surface area contributed by atoms with Gasteiger partial charge in [-0.05, 0) is 26.1 Å². The van der Waals surface area contributed by atoms with Crippen molar-refractivity contribution in [3.05, 3.63) is 24.0 Å². The van der Waals surface area contributed by atoms with Gasteiger partial charge in [0.2, 0.25) is 0 Å². The molecule has 7 nitrogen and oxygen atoms in total. The maximum atomic E-state index is 11.4. The highest BCUT2D eigenvalue weighted by Gasteiger charge is 2.16. The summed E-state index contributed by atoms with van der Waals surface area (Å²) in [5, 5.41) is 4.90. The predicted molar refractivity (Wildman–Crippen MR) is 64.8 cm³/mol. The Morgan fingerprint density at radius 3 is 2.72 bits per heavy atom. The Morgan fingerprint density at radius 1 is 1.50 bits per heavy atom. The van der Waals surface area contributed by atoms with Crippen LogP contribution in [0.3, 0.4) is 0 Å². The number of nitrogens with zero attached hydrogens (tertiary/aromatic N) is 1. The van der Waals surface area contributed by atoms with E-state index in [-0.39, 0.29) is 0 Å². The molecular formula is C11H16N4O3. The number of amides is 3. The molecule has 3 amide bonds. The number of primary amides is 1. The third kappa shape index (κ3) is 4.38. The quantitative estimate of drug-likeness (QED) is 0.670. The molecular weight excluding hydrogens is 236 g/mol. The van der Waals surface area contributed by atoms with Gasteiger partial charge in [-0.1, -0.05) is 0 Å². The van der Waals surface area contributed by atoms with Crippen LogP contribution in [-0.4, -0.2) is 30.1 Å². The molecule has 0 radical (unpaired) electrons. The fourth-order valence-corrected chi connectivity index (χ4v) is 1.25. The molecule has 0 bridgehead atoms. The van der Waals surface area contributed by atoms with Crippen molar-refractivity contribution in [3.8, 4) is 5.75 Å². The van der Waals surface area contributed by atoms with Crippen molar-refractivity contribution in [1.29, 1.82) is 0 Å². The van der Waals surface area contributed by atoms with Crippen LogP contribution in [0.25, 0.3) is 0 Å². The lowest BCUT2D eigenvalue weighted by Gasteiger charge is -2.13. The van der Waals surface area contributed by atoms with Crippen molar-refractivity contribution in [2.75, 3.05) is 7.05 Å². The van der Waals surface area contributed by atoms with Crippen molar-refractivity contribution in [2.45, 2.75) is 19.6 Å². The molecule has 0 aliphatic heterocycles. The van der Waals surface area contributed by atoms with Gasteiger partial charge in [-0.3, -0.25) is 15.1 Å². The Bertz CT molecular complexity index is 419. The number of ether oxygens (including phenoxy) is 1. The summed E-state index contributed by atoms with van der Waals surface area (Å²) in [6.45, 7) is 2.16. The third-order valence-electron chi connectivity index (χ3n) is 2.08. The Labute approximate surface area is 105 Å². The van der Waals surface area contributed by atoms with Crippen LogP contribution in [0.4, 0.5) is 4.79 Å². The van der Waals surface area contributed by atoms with E-state index in [9.17, 15) is 9.59 Å². The van der Waals surface area contributed by atoms with E-state index in [2.05, 4.69) is 10.3 Å². The van der Waals surface area contributed by atoms with Crippen LogP contribution >= 0.6 is 0 Å². The topological polar surface area (TPSA) is 106 Å². The van der Waals surface area contributed by atoms with E-state index in [1.165, 1.54) is 13.1 Å². The second kappa shape index (κ2) is 6.55. The number of pyridine rings is 1. The van der Waals surface area contributed by atoms with Gasteiger partial charge < -0.3 is 15.8 Å². The largest absolute Gasteiger partial charge is 0.479 e. The average molecular weight is 252 g/mol. The zero-order valence-electron chi connectivity index (χ0n) is 10.3. The minimum atomic E-state index is -0.905. The Morgan fingerprint density at radius 2 is 2.22 bits per heavy atom. The summed E-state index contributed by atoms with van der Waals surface area (Å²) in [6.07, 6.45) is 0.690. The van der Waals surface area contributed by atoms with E-state index in [1.807, 2.05) is 12.4 Å². The summed E-state index contributed by atoms with van der Waals surface area (Å²) >= 11 is 0. The Balaban J connectivity index is 2.56. The van der Waals surface area contributed by atoms with Crippen molar-refractivity contribution < 1.29 is 14.3 Å². The van der Waals surface area contributed by atoms with E-state index in [0.29, 0.717) is 12.3 Å². The van der Waals surface area contributed by atoms with Crippen molar-refractivity contribution in [3.63, 3.8) is 0 Å². The molecule has 1 aromatic heterocycles. The number of carbonyl (C=O) groups is 2. The molecule has 0 saturated carbocycles. The number of imide groups is 1. The van der Waals surface area contributed by atoms with E-state index in [1.54, 1.807) is 12.1 Å². The van der Waals surface area contributed by atoms with E-state index < -0.39 is 18.0 Å². The summed E-state index contributed by atoms with van der Waals surface area (Å²) in [5.41, 5.74) is 5.69. The molecule has 0 fully saturated rings. The first kappa shape index (κ1) is 13.9. The summed E-state index contributed by atoms with van der Waals surface area (Å²) in [7, 11) is 1.82. The fraction of sp³-hybridized carbons (Fsp3) is 0.364. The van der Waals surface area contributed by atoms with E-state index in [0.717, 1.165) is 5.69 Å². The van der Waals surface area contributed by atoms with Crippen LogP contribution < -0.4 is 21.1 Å². The average Bonchev–Trinajstić information content (AvgIpc) is 2.31. The normalized spacial score (nSPS) is 11.7. The zero-order chi connectivity index (χ0) is 13.5. The Hall–Kier alpha value is -2.15. The number of hydrogen-bond donors (Lipinski definition) is 3. The van der Waals surface area contributed by atoms with Crippen LogP contribution in [0.5, 0.6) is 5.75 Å². The molecule has 0 aliphatic carbocycles. The highest BCUT2D eigenvalue weighted by molar-refractivity contribution is 5.95. The third-order valence-corrected chi connectivity index (χ3v) is 2.08. The van der Waals surface area contributed by atoms with Gasteiger partial charge in [0.05, 0.1) is 11.9 Å². The molecule has 0 aromatic carbocycles. The van der Waals surface area contributed by atoms with Crippen LogP contribution in [0.2, 0.25) is 0 Å². The fourth-order valence-electron chi connectivity index (χ4n) is 1.25. The molecule has 98 valence electrons. The number of hydrogen-bond acceptors (Lipinski definition) is 5. The molecule has 1 unspecified atom stereocenters. The Kier molecular flexibility index (Phi) is 5.06. The second-order valence-electron chi connectivity index (χ2n) is 3.63. The highest BCUT2D eigenvalue weighted by Crippen LogP contribution is 2.11. The van der Waals surface area contributed by atoms with Crippen LogP contribution in [0.15, 0.2) is 18.3 Å². The van der Waals surface area contributed by atoms with Crippen LogP contribution in [0, 0.1) is 0 Å². The second-order valence-corrected chi connectivity index (χ2v) is 3.63. The van der Waals surface area contributed by atoms with Gasteiger partial charge >= 0.3 is 6.03 Å². The number of aromatic nitrogens is 1. The van der Waals surface area contributed by atoms with Gasteiger partial charge in [0.15, 0.2) is 6.10 Å². The maximum Gasteiger partial charge on any atom is 0.318 e. The molecule has 1 aromatic rings. The summed E-state index contributed by atoms with van der Waals surface area (Å²) in [6, 6.07) is 2.58. The lowest BCUT2D eigenvalue weighted by atomic mass is 10.3. The number of carbonyl (C=O) groups excluding carboxylic acids is 2. The number of rotatable bonds is 5. The predicted octanol–water partition coefficient (Wildman–Crippen LogP) is -0.237. The van der Waals surface area contributed by atoms with E-state index in [4.69, 9.17) is 10.5 Å². The van der Waals surface area contributed by atoms with Gasteiger partial charge in [-0.15, -0.1) is 0 Å². The van der Waals surface area contributed by atoms with Crippen molar-refractivity contribution in [1.82, 2.24) is 15.6 Å². The van der Waals surface area contributed by atoms with Crippen molar-refractivity contribution in [2.24, 2.45) is 5.73 Å². The minimum Gasteiger partial charge on any atom is -0.479 e. The summed E-state index contributed by atoms with van der Waals surface area (Å²) in [5.74, 6) is -0.149. The van der Waals surface area contributed by atoms with Gasteiger partial charge in [0, 0.05) is 6.54 Å². The molecule has 0 spiro atoms. The lowest BCUT2D eigenvalue weighted by molar-refractivity contribution is -0.126. The molecule has 4 N–H and O–H groups in total. The molecule has 18 heavy (non-hydrogen) atoms. The van der Waals surface area contributed by atoms with Gasteiger partial charge in [0.1, 0.15) is 5.75 Å². The first-order valence-corrected chi connectivity index (χ1v) is 5.39. The molecule has 1 heterocycles. The zero-order valence-corrected chi connectivity index (χ0v) is 10.3. The molecule has 0 saturated heterocycles. The van der Waals surface area contributed by atoms with Gasteiger partial charge in [-0.25, -0.2) is 4.79 Å². The number of nitrogens with one attached hydrogen (secondary N) is 2. The van der Waals surface area contributed by atoms with Gasteiger partial charge in [0.25, 0.3) is 5.91 Å². The lowest BCUT2D eigenvalue weighted by Crippen LogP contribution is -2.42. The number of nitrogens with two attached hydrogens (primary N) is 1. The standard InChI is InChI=1S/C11H16N4O3/c1-7(10(16)15-11(12)17)18-9-4-3-8(5-13-2)14-6-9/h3-4,6-7,13H,5H2,1-2H3,(H3,12,15,16,17).